The first-order chi connectivity index (χ1) is 24.0. The molecule has 51 heavy (non-hydrogen) atoms. The lowest BCUT2D eigenvalue weighted by molar-refractivity contribution is -0.137. The number of halogens is 5. The maximum atomic E-state index is 13.6. The average Bonchev–Trinajstić information content (AvgIpc) is 3.46. The van der Waals surface area contributed by atoms with Crippen LogP contribution in [0.4, 0.5) is 23.2 Å². The van der Waals surface area contributed by atoms with E-state index in [1.807, 2.05) is 59.0 Å². The van der Waals surface area contributed by atoms with Crippen molar-refractivity contribution in [3.63, 3.8) is 0 Å². The Labute approximate surface area is 302 Å². The molecule has 1 fully saturated rings. The number of fused-ring (bicyclic) bond motifs is 1. The molecular formula is C37H36BrF4N5O4. The Hall–Kier alpha value is -4.95. The standard InChI is InChI=1S/C37H35F4N5O4.BrH/c1-43(35(47)26-5-8-28(9-6-26)37(39,40)41)29-10-14-34(42-23-29)50-31-13-7-27-21-33(44(2)32(27)22-31)36(48)46-18-16-45(17-19-46)24-25-3-11-30(12-4-25)49-20-15-38;/h3-14,21-23H,15-20,24H2,1-2H3;1H. The van der Waals surface area contributed by atoms with Gasteiger partial charge in [0.25, 0.3) is 11.8 Å². The van der Waals surface area contributed by atoms with E-state index in [4.69, 9.17) is 9.47 Å². The second-order valence-corrected chi connectivity index (χ2v) is 12.0. The first kappa shape index (κ1) is 37.3. The fourth-order valence-corrected chi connectivity index (χ4v) is 5.82. The molecule has 0 bridgehead atoms. The first-order valence-corrected chi connectivity index (χ1v) is 16.0. The molecule has 0 unspecified atom stereocenters. The largest absolute Gasteiger partial charge is 0.491 e. The number of pyridine rings is 1. The third-order valence-corrected chi connectivity index (χ3v) is 8.67. The van der Waals surface area contributed by atoms with Crippen molar-refractivity contribution < 1.29 is 36.6 Å². The van der Waals surface area contributed by atoms with Crippen LogP contribution in [0.25, 0.3) is 10.9 Å². The summed E-state index contributed by atoms with van der Waals surface area (Å²) in [6.45, 7) is 2.92. The number of carbonyl (C=O) groups excluding carboxylic acids is 2. The average molecular weight is 771 g/mol. The molecule has 268 valence electrons. The summed E-state index contributed by atoms with van der Waals surface area (Å²) in [5.74, 6) is 0.881. The van der Waals surface area contributed by atoms with E-state index in [1.165, 1.54) is 18.1 Å². The summed E-state index contributed by atoms with van der Waals surface area (Å²) in [6.07, 6.45) is -3.04. The van der Waals surface area contributed by atoms with E-state index in [1.54, 1.807) is 18.2 Å². The molecule has 0 atom stereocenters. The number of aromatic nitrogens is 2. The molecular weight excluding hydrogens is 734 g/mol. The van der Waals surface area contributed by atoms with Gasteiger partial charge in [-0.25, -0.2) is 9.37 Å². The molecule has 1 aliphatic rings. The van der Waals surface area contributed by atoms with Crippen LogP contribution in [0, 0.1) is 0 Å². The molecule has 1 aliphatic heterocycles. The molecule has 2 amide bonds. The molecule has 6 rings (SSSR count). The molecule has 2 aromatic heterocycles. The zero-order valence-electron chi connectivity index (χ0n) is 27.9. The highest BCUT2D eigenvalue weighted by Crippen LogP contribution is 2.31. The molecule has 0 aliphatic carbocycles. The van der Waals surface area contributed by atoms with Gasteiger partial charge in [-0.2, -0.15) is 13.2 Å². The molecule has 0 saturated carbocycles. The van der Waals surface area contributed by atoms with Crippen molar-refractivity contribution in [3.8, 4) is 17.4 Å². The molecule has 3 heterocycles. The number of nitrogens with zero attached hydrogens (tertiary/aromatic N) is 5. The summed E-state index contributed by atoms with van der Waals surface area (Å²) in [6, 6.07) is 22.2. The van der Waals surface area contributed by atoms with E-state index in [0.29, 0.717) is 36.0 Å². The Bertz CT molecular complexity index is 1960. The molecule has 1 saturated heterocycles. The van der Waals surface area contributed by atoms with Crippen molar-refractivity contribution in [1.29, 1.82) is 0 Å². The predicted octanol–water partition coefficient (Wildman–Crippen LogP) is 7.55. The lowest BCUT2D eigenvalue weighted by Gasteiger charge is -2.34. The van der Waals surface area contributed by atoms with Crippen LogP contribution in [0.2, 0.25) is 0 Å². The van der Waals surface area contributed by atoms with Crippen LogP contribution < -0.4 is 14.4 Å². The molecule has 0 spiro atoms. The highest BCUT2D eigenvalue weighted by Gasteiger charge is 2.30. The summed E-state index contributed by atoms with van der Waals surface area (Å²) in [4.78, 5) is 36.2. The minimum absolute atomic E-state index is 0. The third kappa shape index (κ3) is 8.68. The highest BCUT2D eigenvalue weighted by molar-refractivity contribution is 8.93. The van der Waals surface area contributed by atoms with Crippen LogP contribution in [0.1, 0.15) is 32.0 Å². The Morgan fingerprint density at radius 1 is 0.882 bits per heavy atom. The molecule has 14 heteroatoms. The van der Waals surface area contributed by atoms with E-state index in [2.05, 4.69) is 9.88 Å². The quantitative estimate of drug-likeness (QED) is 0.137. The monoisotopic (exact) mass is 769 g/mol. The van der Waals surface area contributed by atoms with Gasteiger partial charge < -0.3 is 23.8 Å². The predicted molar refractivity (Wildman–Crippen MR) is 191 cm³/mol. The molecule has 9 nitrogen and oxygen atoms in total. The van der Waals surface area contributed by atoms with Gasteiger partial charge in [-0.15, -0.1) is 17.0 Å². The number of anilines is 1. The lowest BCUT2D eigenvalue weighted by atomic mass is 10.1. The number of alkyl halides is 4. The minimum Gasteiger partial charge on any atom is -0.491 e. The van der Waals surface area contributed by atoms with Crippen molar-refractivity contribution in [2.45, 2.75) is 12.7 Å². The van der Waals surface area contributed by atoms with Crippen LogP contribution in [0.3, 0.4) is 0 Å². The maximum absolute atomic E-state index is 13.6. The summed E-state index contributed by atoms with van der Waals surface area (Å²) in [5, 5.41) is 0.882. The number of carbonyl (C=O) groups is 2. The van der Waals surface area contributed by atoms with Crippen molar-refractivity contribution in [2.24, 2.45) is 7.05 Å². The van der Waals surface area contributed by atoms with Gasteiger partial charge in [0.05, 0.1) is 23.0 Å². The van der Waals surface area contributed by atoms with E-state index in [-0.39, 0.29) is 40.9 Å². The summed E-state index contributed by atoms with van der Waals surface area (Å²) < 4.78 is 64.1. The van der Waals surface area contributed by atoms with E-state index < -0.39 is 24.3 Å². The maximum Gasteiger partial charge on any atom is 0.416 e. The zero-order chi connectivity index (χ0) is 35.4. The Balaban J connectivity index is 0.00000504. The van der Waals surface area contributed by atoms with Gasteiger partial charge in [-0.3, -0.25) is 14.5 Å². The van der Waals surface area contributed by atoms with E-state index >= 15 is 0 Å². The van der Waals surface area contributed by atoms with Gasteiger partial charge in [0.1, 0.15) is 30.5 Å². The fraction of sp³-hybridized carbons (Fsp3) is 0.270. The normalized spacial score (nSPS) is 13.5. The Morgan fingerprint density at radius 3 is 2.20 bits per heavy atom. The minimum atomic E-state index is -4.49. The van der Waals surface area contributed by atoms with Crippen molar-refractivity contribution in [2.75, 3.05) is 51.4 Å². The van der Waals surface area contributed by atoms with Gasteiger partial charge >= 0.3 is 6.18 Å². The first-order valence-electron chi connectivity index (χ1n) is 16.0. The smallest absolute Gasteiger partial charge is 0.416 e. The molecule has 0 radical (unpaired) electrons. The number of aryl methyl sites for hydroxylation is 1. The van der Waals surface area contributed by atoms with Gasteiger partial charge in [-0.1, -0.05) is 12.1 Å². The van der Waals surface area contributed by atoms with Gasteiger partial charge in [0.2, 0.25) is 5.88 Å². The van der Waals surface area contributed by atoms with Crippen LogP contribution in [0.15, 0.2) is 91.1 Å². The lowest BCUT2D eigenvalue weighted by Crippen LogP contribution is -2.48. The highest BCUT2D eigenvalue weighted by atomic mass is 79.9. The number of ether oxygens (including phenoxy) is 2. The number of amides is 2. The fourth-order valence-electron chi connectivity index (χ4n) is 5.82. The number of hydrogen-bond acceptors (Lipinski definition) is 6. The van der Waals surface area contributed by atoms with Crippen LogP contribution in [-0.4, -0.2) is 77.7 Å². The summed E-state index contributed by atoms with van der Waals surface area (Å²) in [5.41, 5.74) is 2.21. The van der Waals surface area contributed by atoms with Crippen LogP contribution in [0.5, 0.6) is 17.4 Å². The van der Waals surface area contributed by atoms with E-state index in [9.17, 15) is 27.2 Å². The molecule has 3 aromatic carbocycles. The SMILES string of the molecule is Br.CN(C(=O)c1ccc(C(F)(F)F)cc1)c1ccc(Oc2ccc3cc(C(=O)N4CCN(Cc5ccc(OCCF)cc5)CC4)n(C)c3c2)nc1. The number of rotatable bonds is 10. The number of benzene rings is 3. The number of piperazine rings is 1. The summed E-state index contributed by atoms with van der Waals surface area (Å²) >= 11 is 0. The Morgan fingerprint density at radius 2 is 1.57 bits per heavy atom. The van der Waals surface area contributed by atoms with Crippen molar-refractivity contribution in [3.05, 3.63) is 114 Å². The summed E-state index contributed by atoms with van der Waals surface area (Å²) in [7, 11) is 3.35. The van der Waals surface area contributed by atoms with Crippen molar-refractivity contribution in [1.82, 2.24) is 19.4 Å². The van der Waals surface area contributed by atoms with Crippen molar-refractivity contribution >= 4 is 45.4 Å². The molecule has 0 N–H and O–H groups in total. The van der Waals surface area contributed by atoms with Gasteiger partial charge in [-0.05, 0) is 66.2 Å². The van der Waals surface area contributed by atoms with Crippen LogP contribution >= 0.6 is 17.0 Å². The number of hydrogen-bond donors (Lipinski definition) is 0. The molecule has 5 aromatic rings. The van der Waals surface area contributed by atoms with Gasteiger partial charge in [0, 0.05) is 69.9 Å². The zero-order valence-corrected chi connectivity index (χ0v) is 29.6. The second-order valence-electron chi connectivity index (χ2n) is 12.0. The van der Waals surface area contributed by atoms with Crippen LogP contribution in [-0.2, 0) is 19.8 Å². The second kappa shape index (κ2) is 15.9. The van der Waals surface area contributed by atoms with Gasteiger partial charge in [0.15, 0.2) is 0 Å². The Kier molecular flexibility index (Phi) is 11.7. The van der Waals surface area contributed by atoms with E-state index in [0.717, 1.165) is 60.4 Å². The topological polar surface area (TPSA) is 80.1 Å². The third-order valence-electron chi connectivity index (χ3n) is 8.67.